The van der Waals surface area contributed by atoms with Crippen molar-refractivity contribution in [3.05, 3.63) is 59.2 Å². The summed E-state index contributed by atoms with van der Waals surface area (Å²) in [4.78, 5) is 1.93. The minimum Gasteiger partial charge on any atom is -0.340 e. The number of nitrogens with zero attached hydrogens (tertiary/aromatic N) is 1. The topological polar surface area (TPSA) is 3.24 Å². The van der Waals surface area contributed by atoms with Crippen LogP contribution in [0.2, 0.25) is 0 Å². The highest BCUT2D eigenvalue weighted by molar-refractivity contribution is 6.17. The Kier molecular flexibility index (Phi) is 3.15. The van der Waals surface area contributed by atoms with E-state index in [2.05, 4.69) is 0 Å². The summed E-state index contributed by atoms with van der Waals surface area (Å²) in [6.45, 7) is 0.714. The van der Waals surface area contributed by atoms with Crippen molar-refractivity contribution in [3.8, 4) is 0 Å². The van der Waals surface area contributed by atoms with Gasteiger partial charge in [-0.3, -0.25) is 0 Å². The van der Waals surface area contributed by atoms with Crippen LogP contribution in [-0.2, 0) is 12.3 Å². The summed E-state index contributed by atoms with van der Waals surface area (Å²) >= 11 is 5.83. The van der Waals surface area contributed by atoms with E-state index in [1.165, 1.54) is 18.2 Å². The smallest absolute Gasteiger partial charge is 0.129 e. The number of benzene rings is 2. The fraction of sp³-hybridized carbons (Fsp3) is 0.200. The van der Waals surface area contributed by atoms with Gasteiger partial charge in [0.05, 0.1) is 5.88 Å². The summed E-state index contributed by atoms with van der Waals surface area (Å²) in [5, 5.41) is 0. The van der Waals surface area contributed by atoms with Gasteiger partial charge in [-0.05, 0) is 36.2 Å². The van der Waals surface area contributed by atoms with Gasteiger partial charge in [0.25, 0.3) is 0 Å². The average Bonchev–Trinajstić information content (AvgIpc) is 2.81. The molecular weight excluding hydrogens is 268 g/mol. The molecule has 0 atom stereocenters. The molecule has 0 aromatic heterocycles. The summed E-state index contributed by atoms with van der Waals surface area (Å²) in [5.41, 5.74) is 3.06. The van der Waals surface area contributed by atoms with Crippen LogP contribution in [0.1, 0.15) is 11.1 Å². The third-order valence-electron chi connectivity index (χ3n) is 3.46. The Morgan fingerprint density at radius 3 is 2.74 bits per heavy atom. The normalized spacial score (nSPS) is 13.7. The molecule has 0 saturated heterocycles. The lowest BCUT2D eigenvalue weighted by Crippen LogP contribution is -2.15. The monoisotopic (exact) mass is 279 g/mol. The molecule has 1 aliphatic heterocycles. The van der Waals surface area contributed by atoms with Gasteiger partial charge >= 0.3 is 0 Å². The zero-order valence-corrected chi connectivity index (χ0v) is 10.9. The SMILES string of the molecule is Fc1ccc2c(c1)N(c1cccc(F)c1CCl)CC2. The van der Waals surface area contributed by atoms with E-state index >= 15 is 0 Å². The second-order valence-corrected chi connectivity index (χ2v) is 4.81. The number of anilines is 2. The van der Waals surface area contributed by atoms with Gasteiger partial charge in [-0.15, -0.1) is 11.6 Å². The highest BCUT2D eigenvalue weighted by Gasteiger charge is 2.23. The third kappa shape index (κ3) is 2.08. The molecule has 98 valence electrons. The van der Waals surface area contributed by atoms with Gasteiger partial charge in [-0.2, -0.15) is 0 Å². The molecule has 0 unspecified atom stereocenters. The van der Waals surface area contributed by atoms with E-state index in [0.717, 1.165) is 23.4 Å². The minimum absolute atomic E-state index is 0.100. The van der Waals surface area contributed by atoms with Crippen molar-refractivity contribution in [3.63, 3.8) is 0 Å². The first-order valence-electron chi connectivity index (χ1n) is 6.10. The van der Waals surface area contributed by atoms with E-state index in [1.807, 2.05) is 11.0 Å². The molecule has 1 aliphatic rings. The summed E-state index contributed by atoms with van der Waals surface area (Å²) in [5.74, 6) is -0.504. The Bertz CT molecular complexity index is 628. The zero-order chi connectivity index (χ0) is 13.4. The maximum atomic E-state index is 13.8. The lowest BCUT2D eigenvalue weighted by atomic mass is 10.1. The molecule has 19 heavy (non-hydrogen) atoms. The standard InChI is InChI=1S/C15H12ClF2N/c16-9-12-13(18)2-1-3-14(12)19-7-6-10-4-5-11(17)8-15(10)19/h1-5,8H,6-7,9H2. The molecule has 4 heteroatoms. The molecule has 0 amide bonds. The van der Waals surface area contributed by atoms with Crippen molar-refractivity contribution in [2.24, 2.45) is 0 Å². The van der Waals surface area contributed by atoms with E-state index in [-0.39, 0.29) is 17.5 Å². The Hall–Kier alpha value is -1.61. The molecular formula is C15H12ClF2N. The molecule has 0 radical (unpaired) electrons. The van der Waals surface area contributed by atoms with Crippen LogP contribution in [0.5, 0.6) is 0 Å². The first-order valence-corrected chi connectivity index (χ1v) is 6.63. The first-order chi connectivity index (χ1) is 9.20. The van der Waals surface area contributed by atoms with Crippen molar-refractivity contribution in [1.29, 1.82) is 0 Å². The molecule has 1 nitrogen and oxygen atoms in total. The van der Waals surface area contributed by atoms with Gasteiger partial charge in [0.1, 0.15) is 11.6 Å². The molecule has 0 N–H and O–H groups in total. The molecule has 2 aromatic carbocycles. The van der Waals surface area contributed by atoms with Crippen LogP contribution < -0.4 is 4.90 Å². The van der Waals surface area contributed by atoms with Crippen molar-refractivity contribution in [2.45, 2.75) is 12.3 Å². The van der Waals surface area contributed by atoms with Crippen molar-refractivity contribution in [2.75, 3.05) is 11.4 Å². The summed E-state index contributed by atoms with van der Waals surface area (Å²) in [6.07, 6.45) is 0.827. The lowest BCUT2D eigenvalue weighted by Gasteiger charge is -2.22. The number of rotatable bonds is 2. The van der Waals surface area contributed by atoms with Crippen molar-refractivity contribution in [1.82, 2.24) is 0 Å². The Balaban J connectivity index is 2.11. The van der Waals surface area contributed by atoms with Crippen LogP contribution in [0, 0.1) is 11.6 Å². The van der Waals surface area contributed by atoms with Crippen LogP contribution in [0.4, 0.5) is 20.2 Å². The summed E-state index contributed by atoms with van der Waals surface area (Å²) in [6, 6.07) is 9.59. The second kappa shape index (κ2) is 4.82. The van der Waals surface area contributed by atoms with Crippen molar-refractivity contribution < 1.29 is 8.78 Å². The van der Waals surface area contributed by atoms with Gasteiger partial charge in [-0.1, -0.05) is 12.1 Å². The van der Waals surface area contributed by atoms with E-state index in [0.29, 0.717) is 12.1 Å². The number of alkyl halides is 1. The fourth-order valence-electron chi connectivity index (χ4n) is 2.54. The number of hydrogen-bond acceptors (Lipinski definition) is 1. The molecule has 0 aliphatic carbocycles. The molecule has 0 spiro atoms. The number of halogens is 3. The van der Waals surface area contributed by atoms with Crippen LogP contribution >= 0.6 is 11.6 Å². The van der Waals surface area contributed by atoms with Gasteiger partial charge < -0.3 is 4.90 Å². The van der Waals surface area contributed by atoms with Crippen LogP contribution in [0.3, 0.4) is 0 Å². The van der Waals surface area contributed by atoms with E-state index in [4.69, 9.17) is 11.6 Å². The van der Waals surface area contributed by atoms with Gasteiger partial charge in [-0.25, -0.2) is 8.78 Å². The molecule has 0 fully saturated rings. The van der Waals surface area contributed by atoms with Gasteiger partial charge in [0.15, 0.2) is 0 Å². The molecule has 0 bridgehead atoms. The predicted molar refractivity (Wildman–Crippen MR) is 73.1 cm³/mol. The summed E-state index contributed by atoms with van der Waals surface area (Å²) < 4.78 is 27.2. The van der Waals surface area contributed by atoms with E-state index < -0.39 is 0 Å². The molecule has 0 saturated carbocycles. The fourth-order valence-corrected chi connectivity index (χ4v) is 2.80. The van der Waals surface area contributed by atoms with Crippen LogP contribution in [0.25, 0.3) is 0 Å². The number of hydrogen-bond donors (Lipinski definition) is 0. The molecule has 1 heterocycles. The van der Waals surface area contributed by atoms with Crippen LogP contribution in [-0.4, -0.2) is 6.54 Å². The predicted octanol–water partition coefficient (Wildman–Crippen LogP) is 4.40. The largest absolute Gasteiger partial charge is 0.340 e. The van der Waals surface area contributed by atoms with Gasteiger partial charge in [0, 0.05) is 23.5 Å². The maximum absolute atomic E-state index is 13.8. The minimum atomic E-state index is -0.322. The lowest BCUT2D eigenvalue weighted by molar-refractivity contribution is 0.616. The molecule has 2 aromatic rings. The average molecular weight is 280 g/mol. The Morgan fingerprint density at radius 2 is 1.95 bits per heavy atom. The highest BCUT2D eigenvalue weighted by atomic mass is 35.5. The Labute approximate surface area is 115 Å². The third-order valence-corrected chi connectivity index (χ3v) is 3.73. The maximum Gasteiger partial charge on any atom is 0.129 e. The Morgan fingerprint density at radius 1 is 1.11 bits per heavy atom. The van der Waals surface area contributed by atoms with Crippen molar-refractivity contribution >= 4 is 23.0 Å². The highest BCUT2D eigenvalue weighted by Crippen LogP contribution is 2.37. The van der Waals surface area contributed by atoms with E-state index in [9.17, 15) is 8.78 Å². The first kappa shape index (κ1) is 12.4. The summed E-state index contributed by atoms with van der Waals surface area (Å²) in [7, 11) is 0. The van der Waals surface area contributed by atoms with Crippen LogP contribution in [0.15, 0.2) is 36.4 Å². The second-order valence-electron chi connectivity index (χ2n) is 4.55. The number of fused-ring (bicyclic) bond motifs is 1. The van der Waals surface area contributed by atoms with E-state index in [1.54, 1.807) is 12.1 Å². The molecule has 3 rings (SSSR count). The van der Waals surface area contributed by atoms with Gasteiger partial charge in [0.2, 0.25) is 0 Å². The quantitative estimate of drug-likeness (QED) is 0.737. The zero-order valence-electron chi connectivity index (χ0n) is 10.2.